The number of hydrogen-bond donors (Lipinski definition) is 0. The highest BCUT2D eigenvalue weighted by molar-refractivity contribution is 6.17. The molecule has 1 aliphatic heterocycles. The molecule has 0 amide bonds. The van der Waals surface area contributed by atoms with E-state index in [-0.39, 0.29) is 6.23 Å². The number of alkyl halides is 1. The lowest BCUT2D eigenvalue weighted by atomic mass is 10.2. The van der Waals surface area contributed by atoms with Crippen LogP contribution in [0, 0.1) is 6.92 Å². The molecule has 1 aliphatic rings. The summed E-state index contributed by atoms with van der Waals surface area (Å²) in [5.74, 6) is 0.526. The monoisotopic (exact) mass is 244 g/mol. The molecule has 1 atom stereocenters. The Kier molecular flexibility index (Phi) is 5.85. The van der Waals surface area contributed by atoms with Crippen molar-refractivity contribution < 1.29 is 4.74 Å². The molecule has 2 heterocycles. The highest BCUT2D eigenvalue weighted by Crippen LogP contribution is 2.23. The zero-order valence-corrected chi connectivity index (χ0v) is 11.1. The number of aryl methyl sites for hydroxylation is 1. The second kappa shape index (κ2) is 6.92. The van der Waals surface area contributed by atoms with Crippen LogP contribution in [0.5, 0.6) is 0 Å². The number of ether oxygens (including phenoxy) is 1. The Labute approximate surface area is 103 Å². The molecule has 1 aromatic heterocycles. The summed E-state index contributed by atoms with van der Waals surface area (Å²) in [7, 11) is 0. The summed E-state index contributed by atoms with van der Waals surface area (Å²) in [5, 5.41) is 4.41. The van der Waals surface area contributed by atoms with E-state index < -0.39 is 0 Å². The number of halogens is 1. The highest BCUT2D eigenvalue weighted by atomic mass is 35.5. The van der Waals surface area contributed by atoms with Gasteiger partial charge in [-0.15, -0.1) is 11.6 Å². The Bertz CT molecular complexity index is 306. The summed E-state index contributed by atoms with van der Waals surface area (Å²) in [6, 6.07) is 0. The van der Waals surface area contributed by atoms with Crippen LogP contribution in [0.15, 0.2) is 6.20 Å². The van der Waals surface area contributed by atoms with Gasteiger partial charge >= 0.3 is 0 Å². The minimum Gasteiger partial charge on any atom is -0.357 e. The normalized spacial score (nSPS) is 20.1. The van der Waals surface area contributed by atoms with E-state index in [0.717, 1.165) is 24.3 Å². The van der Waals surface area contributed by atoms with Crippen molar-refractivity contribution in [1.29, 1.82) is 0 Å². The molecule has 1 unspecified atom stereocenters. The van der Waals surface area contributed by atoms with E-state index in [1.54, 1.807) is 0 Å². The second-order valence-corrected chi connectivity index (χ2v) is 3.94. The third kappa shape index (κ3) is 3.22. The molecule has 4 heteroatoms. The van der Waals surface area contributed by atoms with Crippen LogP contribution in [-0.2, 0) is 10.6 Å². The van der Waals surface area contributed by atoms with E-state index in [0.29, 0.717) is 5.88 Å². The molecule has 0 N–H and O–H groups in total. The highest BCUT2D eigenvalue weighted by Gasteiger charge is 2.17. The van der Waals surface area contributed by atoms with Crippen LogP contribution in [0.25, 0.3) is 0 Å². The molecule has 1 fully saturated rings. The van der Waals surface area contributed by atoms with E-state index in [9.17, 15) is 0 Å². The molecule has 16 heavy (non-hydrogen) atoms. The molecule has 2 rings (SSSR count). The van der Waals surface area contributed by atoms with Gasteiger partial charge in [0.25, 0.3) is 0 Å². The van der Waals surface area contributed by atoms with Crippen molar-refractivity contribution in [2.24, 2.45) is 0 Å². The van der Waals surface area contributed by atoms with Gasteiger partial charge in [-0.3, -0.25) is 0 Å². The van der Waals surface area contributed by atoms with Crippen molar-refractivity contribution >= 4 is 11.6 Å². The predicted octanol–water partition coefficient (Wildman–Crippen LogP) is 3.66. The van der Waals surface area contributed by atoms with Crippen molar-refractivity contribution in [3.63, 3.8) is 0 Å². The van der Waals surface area contributed by atoms with Gasteiger partial charge in [0.05, 0.1) is 11.6 Å². The fourth-order valence-corrected chi connectivity index (χ4v) is 1.99. The van der Waals surface area contributed by atoms with E-state index in [1.807, 2.05) is 31.6 Å². The Morgan fingerprint density at radius 1 is 1.50 bits per heavy atom. The van der Waals surface area contributed by atoms with Crippen LogP contribution in [-0.4, -0.2) is 16.4 Å². The predicted molar refractivity (Wildman–Crippen MR) is 66.7 cm³/mol. The fraction of sp³-hybridized carbons (Fsp3) is 0.750. The van der Waals surface area contributed by atoms with Gasteiger partial charge in [-0.2, -0.15) is 5.10 Å². The van der Waals surface area contributed by atoms with E-state index in [4.69, 9.17) is 16.3 Å². The molecule has 92 valence electrons. The lowest BCUT2D eigenvalue weighted by molar-refractivity contribution is -0.0396. The third-order valence-electron chi connectivity index (χ3n) is 2.61. The van der Waals surface area contributed by atoms with E-state index in [1.165, 1.54) is 12.8 Å². The van der Waals surface area contributed by atoms with Crippen molar-refractivity contribution in [2.45, 2.75) is 52.1 Å². The molecule has 0 spiro atoms. The molecular weight excluding hydrogens is 224 g/mol. The molecule has 0 radical (unpaired) electrons. The van der Waals surface area contributed by atoms with Crippen molar-refractivity contribution in [1.82, 2.24) is 9.78 Å². The smallest absolute Gasteiger partial charge is 0.150 e. The Balaban J connectivity index is 0.000000606. The molecule has 3 nitrogen and oxygen atoms in total. The largest absolute Gasteiger partial charge is 0.357 e. The van der Waals surface area contributed by atoms with Crippen LogP contribution in [0.1, 0.15) is 50.6 Å². The standard InChI is InChI=1S/C10H15ClN2O.C2H6/c1-8-9(6-11)7-13(12-8)10-4-2-3-5-14-10;1-2/h7,10H,2-6H2,1H3;1-2H3. The topological polar surface area (TPSA) is 27.1 Å². The summed E-state index contributed by atoms with van der Waals surface area (Å²) >= 11 is 5.79. The van der Waals surface area contributed by atoms with Crippen molar-refractivity contribution in [3.8, 4) is 0 Å². The SMILES string of the molecule is CC.Cc1nn(C2CCCCO2)cc1CCl. The first-order valence-electron chi connectivity index (χ1n) is 6.03. The van der Waals surface area contributed by atoms with Crippen LogP contribution in [0.4, 0.5) is 0 Å². The average molecular weight is 245 g/mol. The molecule has 1 aromatic rings. The Hall–Kier alpha value is -0.540. The van der Waals surface area contributed by atoms with Crippen molar-refractivity contribution in [2.75, 3.05) is 6.61 Å². The maximum atomic E-state index is 5.79. The number of nitrogens with zero attached hydrogens (tertiary/aromatic N) is 2. The van der Waals surface area contributed by atoms with Gasteiger partial charge in [-0.1, -0.05) is 13.8 Å². The van der Waals surface area contributed by atoms with Gasteiger partial charge in [0.1, 0.15) is 6.23 Å². The van der Waals surface area contributed by atoms with Crippen LogP contribution in [0.2, 0.25) is 0 Å². The number of hydrogen-bond acceptors (Lipinski definition) is 2. The summed E-state index contributed by atoms with van der Waals surface area (Å²) in [5.41, 5.74) is 2.11. The zero-order chi connectivity index (χ0) is 12.0. The third-order valence-corrected chi connectivity index (χ3v) is 2.90. The number of rotatable bonds is 2. The maximum absolute atomic E-state index is 5.79. The van der Waals surface area contributed by atoms with Crippen molar-refractivity contribution in [3.05, 3.63) is 17.5 Å². The van der Waals surface area contributed by atoms with Crippen LogP contribution in [0.3, 0.4) is 0 Å². The first kappa shape index (κ1) is 13.5. The van der Waals surface area contributed by atoms with E-state index >= 15 is 0 Å². The first-order chi connectivity index (χ1) is 7.81. The Morgan fingerprint density at radius 3 is 2.75 bits per heavy atom. The molecular formula is C12H21ClN2O. The second-order valence-electron chi connectivity index (χ2n) is 3.67. The molecule has 0 aromatic carbocycles. The van der Waals surface area contributed by atoms with Gasteiger partial charge in [0.15, 0.2) is 0 Å². The van der Waals surface area contributed by atoms with E-state index in [2.05, 4.69) is 5.10 Å². The molecule has 1 saturated heterocycles. The first-order valence-corrected chi connectivity index (χ1v) is 6.57. The van der Waals surface area contributed by atoms with Crippen LogP contribution >= 0.6 is 11.6 Å². The average Bonchev–Trinajstić information content (AvgIpc) is 2.74. The summed E-state index contributed by atoms with van der Waals surface area (Å²) in [6.45, 7) is 6.83. The Morgan fingerprint density at radius 2 is 2.25 bits per heavy atom. The minimum atomic E-state index is 0.124. The van der Waals surface area contributed by atoms with Gasteiger partial charge in [0.2, 0.25) is 0 Å². The zero-order valence-electron chi connectivity index (χ0n) is 10.4. The van der Waals surface area contributed by atoms with Gasteiger partial charge in [-0.05, 0) is 26.2 Å². The molecule has 0 aliphatic carbocycles. The summed E-state index contributed by atoms with van der Waals surface area (Å²) in [4.78, 5) is 0. The summed E-state index contributed by atoms with van der Waals surface area (Å²) < 4.78 is 7.54. The summed E-state index contributed by atoms with van der Waals surface area (Å²) in [6.07, 6.45) is 5.57. The number of aromatic nitrogens is 2. The lowest BCUT2D eigenvalue weighted by Gasteiger charge is -2.22. The lowest BCUT2D eigenvalue weighted by Crippen LogP contribution is -2.18. The maximum Gasteiger partial charge on any atom is 0.150 e. The van der Waals surface area contributed by atoms with Crippen LogP contribution < -0.4 is 0 Å². The quantitative estimate of drug-likeness (QED) is 0.743. The fourth-order valence-electron chi connectivity index (χ4n) is 1.73. The molecule has 0 saturated carbocycles. The van der Waals surface area contributed by atoms with Gasteiger partial charge in [0, 0.05) is 18.4 Å². The minimum absolute atomic E-state index is 0.124. The van der Waals surface area contributed by atoms with Gasteiger partial charge in [-0.25, -0.2) is 4.68 Å². The van der Waals surface area contributed by atoms with Gasteiger partial charge < -0.3 is 4.74 Å². The molecule has 0 bridgehead atoms.